The van der Waals surface area contributed by atoms with Crippen molar-refractivity contribution in [1.82, 2.24) is 19.9 Å². The van der Waals surface area contributed by atoms with Crippen LogP contribution in [-0.4, -0.2) is 19.9 Å². The molecule has 0 aliphatic rings. The predicted molar refractivity (Wildman–Crippen MR) is 328 cm³/mol. The Hall–Kier alpha value is -10.8. The summed E-state index contributed by atoms with van der Waals surface area (Å²) in [7, 11) is 0. The van der Waals surface area contributed by atoms with E-state index in [1.165, 1.54) is 0 Å². The average Bonchev–Trinajstić information content (AvgIpc) is 4.24. The third-order valence-corrected chi connectivity index (χ3v) is 15.7. The molecule has 0 aliphatic heterocycles. The Labute approximate surface area is 459 Å². The van der Waals surface area contributed by atoms with E-state index >= 15 is 0 Å². The van der Waals surface area contributed by atoms with Gasteiger partial charge in [-0.25, -0.2) is 19.9 Å². The summed E-state index contributed by atoms with van der Waals surface area (Å²) in [4.78, 5) is 21.5. The molecule has 0 unspecified atom stereocenters. The zero-order valence-electron chi connectivity index (χ0n) is 43.0. The standard InChI is InChI=1S/C74H44N4O2/c1-3-17-45(18-4-1)51-21-15-23-53(41-51)55-43-64(54-24-16-22-52(42-54)46-19-5-2-6-20-46)67-65(44-55)66(47-33-37-49(38-34-47)73-77-68-60-29-11-7-25-56(60)58-27-9-13-31-62(58)70(68)79-73)75-72(76-67)48-35-39-50(40-36-48)74-78-69-61-30-12-8-26-57(61)59-28-10-14-32-63(59)71(69)80-74/h1-44H. The van der Waals surface area contributed by atoms with E-state index in [1.807, 2.05) is 0 Å². The summed E-state index contributed by atoms with van der Waals surface area (Å²) in [5.74, 6) is 1.70. The van der Waals surface area contributed by atoms with E-state index < -0.39 is 0 Å². The first kappa shape index (κ1) is 45.4. The highest BCUT2D eigenvalue weighted by molar-refractivity contribution is 6.24. The van der Waals surface area contributed by atoms with Crippen LogP contribution in [0.15, 0.2) is 276 Å². The molecule has 0 amide bonds. The van der Waals surface area contributed by atoms with Crippen LogP contribution in [0.4, 0.5) is 0 Å². The quantitative estimate of drug-likeness (QED) is 0.141. The lowest BCUT2D eigenvalue weighted by Gasteiger charge is -2.16. The van der Waals surface area contributed by atoms with Gasteiger partial charge in [-0.05, 0) is 109 Å². The number of oxazole rings is 2. The van der Waals surface area contributed by atoms with Crippen LogP contribution in [0.2, 0.25) is 0 Å². The fourth-order valence-electron chi connectivity index (χ4n) is 11.8. The van der Waals surface area contributed by atoms with Crippen LogP contribution in [0.5, 0.6) is 0 Å². The topological polar surface area (TPSA) is 77.8 Å². The van der Waals surface area contributed by atoms with Gasteiger partial charge in [-0.2, -0.15) is 0 Å². The molecule has 0 saturated heterocycles. The second kappa shape index (κ2) is 18.4. The molecular formula is C74H44N4O2. The number of rotatable bonds is 8. The zero-order valence-corrected chi connectivity index (χ0v) is 43.0. The van der Waals surface area contributed by atoms with Crippen molar-refractivity contribution in [2.45, 2.75) is 0 Å². The first-order chi connectivity index (χ1) is 39.6. The van der Waals surface area contributed by atoms with Crippen molar-refractivity contribution in [3.63, 3.8) is 0 Å². The van der Waals surface area contributed by atoms with Crippen molar-refractivity contribution in [2.75, 3.05) is 0 Å². The molecule has 0 fully saturated rings. The summed E-state index contributed by atoms with van der Waals surface area (Å²) >= 11 is 0. The molecule has 0 saturated carbocycles. The highest BCUT2D eigenvalue weighted by Gasteiger charge is 2.22. The molecule has 0 radical (unpaired) electrons. The number of benzene rings is 13. The lowest BCUT2D eigenvalue weighted by atomic mass is 9.91. The number of nitrogens with zero attached hydrogens (tertiary/aromatic N) is 4. The van der Waals surface area contributed by atoms with Gasteiger partial charge in [-0.1, -0.05) is 218 Å². The molecule has 16 aromatic rings. The van der Waals surface area contributed by atoms with Crippen LogP contribution < -0.4 is 0 Å². The smallest absolute Gasteiger partial charge is 0.227 e. The molecule has 0 aliphatic carbocycles. The normalized spacial score (nSPS) is 11.8. The third kappa shape index (κ3) is 7.57. The lowest BCUT2D eigenvalue weighted by molar-refractivity contribution is 0.622. The third-order valence-electron chi connectivity index (χ3n) is 15.7. The minimum absolute atomic E-state index is 0.554. The van der Waals surface area contributed by atoms with Gasteiger partial charge in [-0.3, -0.25) is 0 Å². The van der Waals surface area contributed by atoms with Crippen molar-refractivity contribution in [1.29, 1.82) is 0 Å². The van der Waals surface area contributed by atoms with Crippen LogP contribution in [-0.2, 0) is 0 Å². The van der Waals surface area contributed by atoms with E-state index in [9.17, 15) is 0 Å². The fourth-order valence-corrected chi connectivity index (χ4v) is 11.8. The highest BCUT2D eigenvalue weighted by Crippen LogP contribution is 2.43. The summed E-state index contributed by atoms with van der Waals surface area (Å²) in [5, 5.41) is 9.70. The molecule has 6 nitrogen and oxygen atoms in total. The summed E-state index contributed by atoms with van der Waals surface area (Å²) in [5.41, 5.74) is 17.1. The molecular weight excluding hydrogens is 977 g/mol. The van der Waals surface area contributed by atoms with Gasteiger partial charge in [0.2, 0.25) is 11.8 Å². The van der Waals surface area contributed by atoms with Crippen molar-refractivity contribution in [2.24, 2.45) is 0 Å². The Morgan fingerprint density at radius 2 is 0.600 bits per heavy atom. The Morgan fingerprint density at radius 3 is 1.11 bits per heavy atom. The molecule has 80 heavy (non-hydrogen) atoms. The molecule has 0 N–H and O–H groups in total. The van der Waals surface area contributed by atoms with Crippen LogP contribution in [0.1, 0.15) is 0 Å². The van der Waals surface area contributed by atoms with Crippen LogP contribution in [0.25, 0.3) is 166 Å². The van der Waals surface area contributed by atoms with Gasteiger partial charge >= 0.3 is 0 Å². The maximum atomic E-state index is 6.73. The van der Waals surface area contributed by atoms with E-state index in [0.717, 1.165) is 149 Å². The molecule has 3 heterocycles. The maximum absolute atomic E-state index is 6.73. The van der Waals surface area contributed by atoms with Crippen molar-refractivity contribution >= 4 is 76.2 Å². The van der Waals surface area contributed by atoms with Crippen molar-refractivity contribution < 1.29 is 8.83 Å². The van der Waals surface area contributed by atoms with Crippen LogP contribution in [0.3, 0.4) is 0 Å². The monoisotopic (exact) mass is 1020 g/mol. The van der Waals surface area contributed by atoms with Crippen LogP contribution >= 0.6 is 0 Å². The van der Waals surface area contributed by atoms with Gasteiger partial charge in [0.1, 0.15) is 11.0 Å². The Balaban J connectivity index is 0.889. The molecule has 6 heteroatoms. The second-order valence-corrected chi connectivity index (χ2v) is 20.4. The largest absolute Gasteiger partial charge is 0.435 e. The number of aromatic nitrogens is 4. The van der Waals surface area contributed by atoms with E-state index in [1.54, 1.807) is 0 Å². The Morgan fingerprint density at radius 1 is 0.212 bits per heavy atom. The number of hydrogen-bond donors (Lipinski definition) is 0. The first-order valence-electron chi connectivity index (χ1n) is 26.9. The SMILES string of the molecule is c1ccc(-c2cccc(-c3cc(-c4cccc(-c5ccccc5)c4)c4nc(-c5ccc(-c6nc7c8ccccc8c8ccccc8c7o6)cc5)nc(-c5ccc(-c6nc7c8ccccc8c8ccccc8c7o6)cc5)c4c3)c2)cc1. The van der Waals surface area contributed by atoms with E-state index in [-0.39, 0.29) is 0 Å². The summed E-state index contributed by atoms with van der Waals surface area (Å²) in [6.45, 7) is 0. The molecule has 16 rings (SSSR count). The van der Waals surface area contributed by atoms with Gasteiger partial charge in [0, 0.05) is 54.7 Å². The molecule has 372 valence electrons. The Kier molecular flexibility index (Phi) is 10.5. The molecule has 0 spiro atoms. The summed E-state index contributed by atoms with van der Waals surface area (Å²) in [6.07, 6.45) is 0. The fraction of sp³-hybridized carbons (Fsp3) is 0. The highest BCUT2D eigenvalue weighted by atomic mass is 16.4. The van der Waals surface area contributed by atoms with Crippen molar-refractivity contribution in [3.05, 3.63) is 267 Å². The average molecular weight is 1020 g/mol. The van der Waals surface area contributed by atoms with Gasteiger partial charge in [0.25, 0.3) is 0 Å². The zero-order chi connectivity index (χ0) is 52.7. The molecule has 0 bridgehead atoms. The first-order valence-corrected chi connectivity index (χ1v) is 26.9. The van der Waals surface area contributed by atoms with E-state index in [4.69, 9.17) is 28.8 Å². The predicted octanol–water partition coefficient (Wildman–Crippen LogP) is 19.9. The maximum Gasteiger partial charge on any atom is 0.227 e. The molecule has 3 aromatic heterocycles. The van der Waals surface area contributed by atoms with Gasteiger partial charge < -0.3 is 8.83 Å². The summed E-state index contributed by atoms with van der Waals surface area (Å²) < 4.78 is 13.4. The van der Waals surface area contributed by atoms with Gasteiger partial charge in [0.15, 0.2) is 17.0 Å². The lowest BCUT2D eigenvalue weighted by Crippen LogP contribution is -1.98. The summed E-state index contributed by atoms with van der Waals surface area (Å²) in [6, 6.07) is 93.6. The molecule has 0 atom stereocenters. The molecule has 13 aromatic carbocycles. The van der Waals surface area contributed by atoms with Gasteiger partial charge in [-0.15, -0.1) is 0 Å². The number of hydrogen-bond acceptors (Lipinski definition) is 6. The van der Waals surface area contributed by atoms with Crippen molar-refractivity contribution in [3.8, 4) is 90.1 Å². The second-order valence-electron chi connectivity index (χ2n) is 20.4. The van der Waals surface area contributed by atoms with E-state index in [2.05, 4.69) is 267 Å². The Bertz CT molecular complexity index is 4960. The van der Waals surface area contributed by atoms with E-state index in [0.29, 0.717) is 17.6 Å². The van der Waals surface area contributed by atoms with Crippen LogP contribution in [0, 0.1) is 0 Å². The minimum Gasteiger partial charge on any atom is -0.435 e. The minimum atomic E-state index is 0.554. The number of fused-ring (bicyclic) bond motifs is 13. The van der Waals surface area contributed by atoms with Gasteiger partial charge in [0.05, 0.1) is 11.2 Å².